The maximum atomic E-state index is 12.9. The summed E-state index contributed by atoms with van der Waals surface area (Å²) < 4.78 is 17.0. The van der Waals surface area contributed by atoms with Gasteiger partial charge in [0.2, 0.25) is 0 Å². The van der Waals surface area contributed by atoms with E-state index in [1.165, 1.54) is 270 Å². The molecule has 0 saturated carbocycles. The average Bonchev–Trinajstić information content (AvgIpc) is 3.38. The van der Waals surface area contributed by atoms with E-state index in [9.17, 15) is 14.4 Å². The molecule has 0 amide bonds. The molecule has 6 heteroatoms. The fraction of sp³-hybridized carbons (Fsp3) is 0.955. The Bertz CT molecular complexity index is 1120. The molecule has 2 atom stereocenters. The van der Waals surface area contributed by atoms with Gasteiger partial charge in [0.15, 0.2) is 6.10 Å². The predicted molar refractivity (Wildman–Crippen MR) is 316 cm³/mol. The van der Waals surface area contributed by atoms with E-state index in [-0.39, 0.29) is 31.1 Å². The maximum Gasteiger partial charge on any atom is 0.306 e. The monoisotopic (exact) mass is 1030 g/mol. The Balaban J connectivity index is 4.27. The first-order valence-electron chi connectivity index (χ1n) is 33.3. The van der Waals surface area contributed by atoms with Crippen LogP contribution < -0.4 is 0 Å². The average molecular weight is 1030 g/mol. The molecule has 0 fully saturated rings. The van der Waals surface area contributed by atoms with Crippen molar-refractivity contribution >= 4 is 17.9 Å². The van der Waals surface area contributed by atoms with Gasteiger partial charge in [-0.3, -0.25) is 14.4 Å². The van der Waals surface area contributed by atoms with Crippen molar-refractivity contribution in [3.05, 3.63) is 0 Å². The molecule has 0 N–H and O–H groups in total. The molecule has 1 unspecified atom stereocenters. The Labute approximate surface area is 457 Å². The highest BCUT2D eigenvalue weighted by atomic mass is 16.6. The number of carbonyl (C=O) groups is 3. The van der Waals surface area contributed by atoms with E-state index in [1.54, 1.807) is 0 Å². The van der Waals surface area contributed by atoms with Crippen LogP contribution in [0.4, 0.5) is 0 Å². The van der Waals surface area contributed by atoms with Crippen molar-refractivity contribution in [3.63, 3.8) is 0 Å². The zero-order valence-electron chi connectivity index (χ0n) is 50.3. The van der Waals surface area contributed by atoms with Crippen LogP contribution in [0.3, 0.4) is 0 Å². The van der Waals surface area contributed by atoms with Crippen LogP contribution in [0.2, 0.25) is 0 Å². The molecule has 73 heavy (non-hydrogen) atoms. The van der Waals surface area contributed by atoms with Gasteiger partial charge in [-0.05, 0) is 31.1 Å². The van der Waals surface area contributed by atoms with Crippen LogP contribution in [0.5, 0.6) is 0 Å². The smallest absolute Gasteiger partial charge is 0.306 e. The number of ether oxygens (including phenoxy) is 3. The highest BCUT2D eigenvalue weighted by Crippen LogP contribution is 2.20. The van der Waals surface area contributed by atoms with Gasteiger partial charge in [0.25, 0.3) is 0 Å². The molecule has 434 valence electrons. The van der Waals surface area contributed by atoms with Crippen LogP contribution in [0, 0.1) is 11.8 Å². The van der Waals surface area contributed by atoms with E-state index < -0.39 is 6.10 Å². The lowest BCUT2D eigenvalue weighted by atomic mass is 9.99. The first-order valence-corrected chi connectivity index (χ1v) is 33.3. The molecule has 0 aromatic rings. The molecule has 0 saturated heterocycles. The summed E-state index contributed by atoms with van der Waals surface area (Å²) in [6, 6.07) is 0. The molecule has 0 radical (unpaired) electrons. The lowest BCUT2D eigenvalue weighted by molar-refractivity contribution is -0.167. The largest absolute Gasteiger partial charge is 0.462 e. The summed E-state index contributed by atoms with van der Waals surface area (Å²) in [6.07, 6.45) is 66.7. The van der Waals surface area contributed by atoms with Crippen molar-refractivity contribution in [2.75, 3.05) is 13.2 Å². The van der Waals surface area contributed by atoms with Gasteiger partial charge in [-0.25, -0.2) is 0 Å². The van der Waals surface area contributed by atoms with E-state index in [0.29, 0.717) is 19.3 Å². The molecule has 0 spiro atoms. The van der Waals surface area contributed by atoms with Crippen molar-refractivity contribution in [3.8, 4) is 0 Å². The molecule has 0 aliphatic heterocycles. The normalized spacial score (nSPS) is 12.4. The summed E-state index contributed by atoms with van der Waals surface area (Å²) in [5.74, 6) is 0.927. The number of hydrogen-bond donors (Lipinski definition) is 0. The predicted octanol–water partition coefficient (Wildman–Crippen LogP) is 22.4. The van der Waals surface area contributed by atoms with E-state index in [1.807, 2.05) is 0 Å². The number of carbonyl (C=O) groups excluding carboxylic acids is 3. The van der Waals surface area contributed by atoms with Crippen LogP contribution in [0.15, 0.2) is 0 Å². The molecule has 0 rings (SSSR count). The minimum atomic E-state index is -0.764. The molecule has 0 bridgehead atoms. The Hall–Kier alpha value is -1.59. The van der Waals surface area contributed by atoms with E-state index in [2.05, 4.69) is 34.6 Å². The Kier molecular flexibility index (Phi) is 58.4. The van der Waals surface area contributed by atoms with Gasteiger partial charge in [-0.15, -0.1) is 0 Å². The third-order valence-electron chi connectivity index (χ3n) is 15.8. The fourth-order valence-electron chi connectivity index (χ4n) is 10.4. The minimum absolute atomic E-state index is 0.0615. The summed E-state index contributed by atoms with van der Waals surface area (Å²) >= 11 is 0. The van der Waals surface area contributed by atoms with Gasteiger partial charge >= 0.3 is 17.9 Å². The number of rotatable bonds is 61. The lowest BCUT2D eigenvalue weighted by Gasteiger charge is -2.18. The van der Waals surface area contributed by atoms with Crippen molar-refractivity contribution < 1.29 is 28.6 Å². The lowest BCUT2D eigenvalue weighted by Crippen LogP contribution is -2.30. The molecule has 0 aliphatic rings. The third kappa shape index (κ3) is 59.5. The third-order valence-corrected chi connectivity index (χ3v) is 15.8. The fourth-order valence-corrected chi connectivity index (χ4v) is 10.4. The Morgan fingerprint density at radius 1 is 0.288 bits per heavy atom. The number of unbranched alkanes of at least 4 members (excludes halogenated alkanes) is 45. The van der Waals surface area contributed by atoms with Crippen molar-refractivity contribution in [2.24, 2.45) is 11.8 Å². The molecule has 6 nitrogen and oxygen atoms in total. The quantitative estimate of drug-likeness (QED) is 0.0343. The molecule has 0 aromatic heterocycles. The van der Waals surface area contributed by atoms with Gasteiger partial charge in [0.1, 0.15) is 13.2 Å². The standard InChI is InChI=1S/C67H130O6/c1-6-8-9-10-11-12-13-14-15-21-29-34-39-44-49-54-59-67(70)73-64(61-72-66(69)58-53-48-43-38-33-28-24-23-26-31-36-41-46-51-56-63(5)7-2)60-71-65(68)57-52-47-42-37-32-27-22-19-17-16-18-20-25-30-35-40-45-50-55-62(3)4/h62-64H,6-61H2,1-5H3/t63?,64-/m0/s1. The Morgan fingerprint density at radius 2 is 0.521 bits per heavy atom. The van der Waals surface area contributed by atoms with Crippen LogP contribution >= 0.6 is 0 Å². The highest BCUT2D eigenvalue weighted by Gasteiger charge is 2.19. The molecular weight excluding hydrogens is 901 g/mol. The SMILES string of the molecule is CCCCCCCCCCCCCCCCCCC(=O)O[C@@H](COC(=O)CCCCCCCCCCCCCCCCCCCCC(C)C)COC(=O)CCCCCCCCCCCCCCCCC(C)CC. The van der Waals surface area contributed by atoms with E-state index >= 15 is 0 Å². The van der Waals surface area contributed by atoms with Crippen LogP contribution in [-0.4, -0.2) is 37.2 Å². The molecular formula is C67H130O6. The number of hydrogen-bond acceptors (Lipinski definition) is 6. The molecule has 0 heterocycles. The van der Waals surface area contributed by atoms with E-state index in [4.69, 9.17) is 14.2 Å². The summed E-state index contributed by atoms with van der Waals surface area (Å²) in [6.45, 7) is 11.5. The summed E-state index contributed by atoms with van der Waals surface area (Å²) in [4.78, 5) is 38.4. The molecule has 0 aromatic carbocycles. The van der Waals surface area contributed by atoms with Crippen molar-refractivity contribution in [1.82, 2.24) is 0 Å². The number of esters is 3. The van der Waals surface area contributed by atoms with Gasteiger partial charge in [0, 0.05) is 19.3 Å². The van der Waals surface area contributed by atoms with Crippen molar-refractivity contribution in [1.29, 1.82) is 0 Å². The molecule has 0 aliphatic carbocycles. The van der Waals surface area contributed by atoms with Crippen LogP contribution in [0.1, 0.15) is 381 Å². The van der Waals surface area contributed by atoms with Crippen molar-refractivity contribution in [2.45, 2.75) is 387 Å². The van der Waals surface area contributed by atoms with Crippen LogP contribution in [0.25, 0.3) is 0 Å². The summed E-state index contributed by atoms with van der Waals surface area (Å²) in [7, 11) is 0. The maximum absolute atomic E-state index is 12.9. The van der Waals surface area contributed by atoms with E-state index in [0.717, 1.165) is 69.6 Å². The highest BCUT2D eigenvalue weighted by molar-refractivity contribution is 5.71. The summed E-state index contributed by atoms with van der Waals surface area (Å²) in [5.41, 5.74) is 0. The summed E-state index contributed by atoms with van der Waals surface area (Å²) in [5, 5.41) is 0. The zero-order valence-corrected chi connectivity index (χ0v) is 50.3. The first kappa shape index (κ1) is 71.4. The minimum Gasteiger partial charge on any atom is -0.462 e. The zero-order chi connectivity index (χ0) is 53.2. The second-order valence-electron chi connectivity index (χ2n) is 23.8. The Morgan fingerprint density at radius 3 is 0.781 bits per heavy atom. The topological polar surface area (TPSA) is 78.9 Å². The van der Waals surface area contributed by atoms with Gasteiger partial charge in [0.05, 0.1) is 0 Å². The van der Waals surface area contributed by atoms with Crippen LogP contribution in [-0.2, 0) is 28.6 Å². The first-order chi connectivity index (χ1) is 35.8. The van der Waals surface area contributed by atoms with Gasteiger partial charge in [-0.1, -0.05) is 343 Å². The second kappa shape index (κ2) is 59.7. The second-order valence-corrected chi connectivity index (χ2v) is 23.8. The van der Waals surface area contributed by atoms with Gasteiger partial charge in [-0.2, -0.15) is 0 Å². The van der Waals surface area contributed by atoms with Gasteiger partial charge < -0.3 is 14.2 Å².